The second-order valence-corrected chi connectivity index (χ2v) is 9.54. The normalized spacial score (nSPS) is 10.7. The highest BCUT2D eigenvalue weighted by molar-refractivity contribution is 6.32. The Balaban J connectivity index is 1.86. The summed E-state index contributed by atoms with van der Waals surface area (Å²) in [6.45, 7) is 5.54. The van der Waals surface area contributed by atoms with Gasteiger partial charge in [-0.25, -0.2) is 14.4 Å². The molecular formula is C28H35ClFN7O4. The second-order valence-electron chi connectivity index (χ2n) is 9.14. The maximum absolute atomic E-state index is 14.6. The highest BCUT2D eigenvalue weighted by Gasteiger charge is 2.17. The molecule has 0 saturated heterocycles. The smallest absolute Gasteiger partial charge is 0.247 e. The van der Waals surface area contributed by atoms with E-state index in [2.05, 4.69) is 37.4 Å². The van der Waals surface area contributed by atoms with Crippen LogP contribution in [-0.2, 0) is 9.53 Å². The molecule has 0 unspecified atom stereocenters. The summed E-state index contributed by atoms with van der Waals surface area (Å²) >= 11 is 6.24. The number of ether oxygens (including phenoxy) is 3. The molecular weight excluding hydrogens is 553 g/mol. The Morgan fingerprint density at radius 2 is 1.76 bits per heavy atom. The monoisotopic (exact) mass is 587 g/mol. The summed E-state index contributed by atoms with van der Waals surface area (Å²) in [6.07, 6.45) is 2.55. The van der Waals surface area contributed by atoms with Crippen molar-refractivity contribution in [2.75, 3.05) is 82.5 Å². The molecule has 0 atom stereocenters. The van der Waals surface area contributed by atoms with Gasteiger partial charge in [-0.1, -0.05) is 18.2 Å². The molecule has 1 aromatic heterocycles. The molecule has 1 heterocycles. The Morgan fingerprint density at radius 3 is 2.39 bits per heavy atom. The number of aromatic nitrogens is 2. The predicted octanol–water partition coefficient (Wildman–Crippen LogP) is 4.91. The first-order valence-corrected chi connectivity index (χ1v) is 13.0. The predicted molar refractivity (Wildman–Crippen MR) is 161 cm³/mol. The van der Waals surface area contributed by atoms with Crippen LogP contribution in [0.25, 0.3) is 0 Å². The minimum Gasteiger partial charge on any atom is -0.494 e. The van der Waals surface area contributed by atoms with Gasteiger partial charge in [-0.05, 0) is 32.3 Å². The zero-order valence-corrected chi connectivity index (χ0v) is 24.5. The molecule has 0 radical (unpaired) electrons. The molecule has 11 nitrogen and oxygen atoms in total. The van der Waals surface area contributed by atoms with E-state index in [-0.39, 0.29) is 23.3 Å². The Kier molecular flexibility index (Phi) is 11.5. The van der Waals surface area contributed by atoms with Crippen molar-refractivity contribution in [3.8, 4) is 11.5 Å². The Hall–Kier alpha value is -4.13. The first-order valence-electron chi connectivity index (χ1n) is 12.6. The Morgan fingerprint density at radius 1 is 1.02 bits per heavy atom. The van der Waals surface area contributed by atoms with Gasteiger partial charge in [-0.15, -0.1) is 0 Å². The van der Waals surface area contributed by atoms with E-state index in [0.717, 1.165) is 12.2 Å². The van der Waals surface area contributed by atoms with Crippen LogP contribution in [0.5, 0.6) is 11.5 Å². The number of hydrogen-bond donors (Lipinski definition) is 3. The lowest BCUT2D eigenvalue weighted by Gasteiger charge is -2.26. The van der Waals surface area contributed by atoms with Crippen LogP contribution in [0.1, 0.15) is 0 Å². The van der Waals surface area contributed by atoms with Crippen molar-refractivity contribution in [2.24, 2.45) is 0 Å². The fraction of sp³-hybridized carbons (Fsp3) is 0.321. The molecule has 3 N–H and O–H groups in total. The van der Waals surface area contributed by atoms with Crippen LogP contribution in [0.2, 0.25) is 5.02 Å². The minimum atomic E-state index is -0.627. The number of methoxy groups -OCH3 is 2. The van der Waals surface area contributed by atoms with Crippen LogP contribution >= 0.6 is 11.6 Å². The van der Waals surface area contributed by atoms with E-state index in [1.165, 1.54) is 31.6 Å². The number of amides is 1. The number of halogens is 2. The molecule has 2 aromatic carbocycles. The third kappa shape index (κ3) is 8.93. The number of carbonyl (C=O) groups excluding carboxylic acids is 1. The van der Waals surface area contributed by atoms with Crippen molar-refractivity contribution in [1.82, 2.24) is 14.9 Å². The number of nitrogens with zero attached hydrogens (tertiary/aromatic N) is 4. The largest absolute Gasteiger partial charge is 0.494 e. The first kappa shape index (κ1) is 31.4. The van der Waals surface area contributed by atoms with Crippen molar-refractivity contribution in [3.63, 3.8) is 0 Å². The number of rotatable bonds is 15. The second kappa shape index (κ2) is 15.0. The zero-order valence-electron chi connectivity index (χ0n) is 23.8. The quantitative estimate of drug-likeness (QED) is 0.167. The molecule has 41 heavy (non-hydrogen) atoms. The van der Waals surface area contributed by atoms with Gasteiger partial charge in [0.05, 0.1) is 35.8 Å². The van der Waals surface area contributed by atoms with Gasteiger partial charge in [-0.2, -0.15) is 0 Å². The van der Waals surface area contributed by atoms with E-state index < -0.39 is 5.82 Å². The number of benzene rings is 2. The highest BCUT2D eigenvalue weighted by Crippen LogP contribution is 2.38. The zero-order chi connectivity index (χ0) is 29.9. The Labute approximate surface area is 244 Å². The van der Waals surface area contributed by atoms with Crippen LogP contribution < -0.4 is 30.3 Å². The molecule has 0 aliphatic carbocycles. The lowest BCUT2D eigenvalue weighted by atomic mass is 10.2. The molecule has 13 heteroatoms. The highest BCUT2D eigenvalue weighted by atomic mass is 35.5. The fourth-order valence-corrected chi connectivity index (χ4v) is 3.95. The first-order chi connectivity index (χ1) is 19.6. The summed E-state index contributed by atoms with van der Waals surface area (Å²) in [7, 11) is 9.00. The van der Waals surface area contributed by atoms with Gasteiger partial charge in [0, 0.05) is 51.1 Å². The van der Waals surface area contributed by atoms with Crippen molar-refractivity contribution in [3.05, 3.63) is 60.2 Å². The van der Waals surface area contributed by atoms with Gasteiger partial charge in [-0.3, -0.25) is 4.79 Å². The van der Waals surface area contributed by atoms with Gasteiger partial charge in [0.15, 0.2) is 11.6 Å². The number of anilines is 6. The lowest BCUT2D eigenvalue weighted by Crippen LogP contribution is -2.29. The third-order valence-electron chi connectivity index (χ3n) is 5.79. The molecule has 0 aliphatic heterocycles. The van der Waals surface area contributed by atoms with Crippen LogP contribution in [0.4, 0.5) is 38.8 Å². The summed E-state index contributed by atoms with van der Waals surface area (Å²) in [6, 6.07) is 8.01. The van der Waals surface area contributed by atoms with E-state index in [1.807, 2.05) is 32.1 Å². The van der Waals surface area contributed by atoms with Crippen LogP contribution in [0.3, 0.4) is 0 Å². The van der Waals surface area contributed by atoms with Crippen molar-refractivity contribution < 1.29 is 23.4 Å². The average molecular weight is 588 g/mol. The van der Waals surface area contributed by atoms with Crippen LogP contribution in [0, 0.1) is 5.82 Å². The lowest BCUT2D eigenvalue weighted by molar-refractivity contribution is -0.111. The summed E-state index contributed by atoms with van der Waals surface area (Å²) in [5.74, 6) is 0.295. The molecule has 3 rings (SSSR count). The summed E-state index contributed by atoms with van der Waals surface area (Å²) in [5.41, 5.74) is 2.24. The third-order valence-corrected chi connectivity index (χ3v) is 6.07. The standard InChI is InChI=1S/C28H35ClFN7O4/c1-7-27(38)35-21-14-22(24(40-6)15-23(21)37(4)9-8-36(2)3)34-26-16-25(31-17-32-26)33-18-12-19(29)28(20(30)13-18)41-11-10-39-5/h7,12-17H,1,8-11H2,2-6H3,(H,35,38)(H2,31,32,33,34). The molecule has 0 spiro atoms. The summed E-state index contributed by atoms with van der Waals surface area (Å²) in [5, 5.41) is 9.19. The van der Waals surface area contributed by atoms with Crippen LogP contribution in [-0.4, -0.2) is 82.4 Å². The van der Waals surface area contributed by atoms with Crippen LogP contribution in [0.15, 0.2) is 49.3 Å². The van der Waals surface area contributed by atoms with E-state index in [9.17, 15) is 9.18 Å². The molecule has 1 amide bonds. The molecule has 0 saturated carbocycles. The molecule has 220 valence electrons. The van der Waals surface area contributed by atoms with Gasteiger partial charge in [0.2, 0.25) is 5.91 Å². The SMILES string of the molecule is C=CC(=O)Nc1cc(Nc2cc(Nc3cc(F)c(OCCOC)c(Cl)c3)ncn2)c(OC)cc1N(C)CCN(C)C. The maximum atomic E-state index is 14.6. The van der Waals surface area contributed by atoms with E-state index in [1.54, 1.807) is 19.2 Å². The van der Waals surface area contributed by atoms with Crippen molar-refractivity contribution in [2.45, 2.75) is 0 Å². The molecule has 0 aliphatic rings. The summed E-state index contributed by atoms with van der Waals surface area (Å²) in [4.78, 5) is 24.8. The van der Waals surface area contributed by atoms with Gasteiger partial charge in [0.1, 0.15) is 30.3 Å². The Bertz CT molecular complexity index is 1340. The average Bonchev–Trinajstić information content (AvgIpc) is 2.93. The van der Waals surface area contributed by atoms with E-state index in [4.69, 9.17) is 25.8 Å². The topological polar surface area (TPSA) is 113 Å². The number of carbonyl (C=O) groups is 1. The van der Waals surface area contributed by atoms with Gasteiger partial charge < -0.3 is 40.0 Å². The number of likely N-dealkylation sites (N-methyl/N-ethyl adjacent to an activating group) is 2. The molecule has 0 bridgehead atoms. The van der Waals surface area contributed by atoms with Gasteiger partial charge in [0.25, 0.3) is 0 Å². The number of nitrogens with one attached hydrogen (secondary N) is 3. The van der Waals surface area contributed by atoms with E-state index in [0.29, 0.717) is 47.6 Å². The van der Waals surface area contributed by atoms with E-state index >= 15 is 0 Å². The molecule has 3 aromatic rings. The molecule has 0 fully saturated rings. The van der Waals surface area contributed by atoms with Gasteiger partial charge >= 0.3 is 0 Å². The summed E-state index contributed by atoms with van der Waals surface area (Å²) < 4.78 is 30.6. The van der Waals surface area contributed by atoms with Crippen molar-refractivity contribution >= 4 is 51.9 Å². The van der Waals surface area contributed by atoms with Crippen molar-refractivity contribution in [1.29, 1.82) is 0 Å². The fourth-order valence-electron chi connectivity index (χ4n) is 3.68. The number of hydrogen-bond acceptors (Lipinski definition) is 10. The maximum Gasteiger partial charge on any atom is 0.247 e. The minimum absolute atomic E-state index is 0.0541.